The molecule has 15 heavy (non-hydrogen) atoms. The molecule has 0 amide bonds. The minimum Gasteiger partial charge on any atom is -0.477 e. The topological polar surface area (TPSA) is 37.3 Å². The van der Waals surface area contributed by atoms with Crippen LogP contribution in [0.2, 0.25) is 0 Å². The van der Waals surface area contributed by atoms with Crippen molar-refractivity contribution in [3.63, 3.8) is 0 Å². The summed E-state index contributed by atoms with van der Waals surface area (Å²) in [5, 5.41) is 8.58. The third kappa shape index (κ3) is 2.32. The van der Waals surface area contributed by atoms with Crippen LogP contribution in [0, 0.1) is 23.5 Å². The highest BCUT2D eigenvalue weighted by Crippen LogP contribution is 2.17. The second-order valence-electron chi connectivity index (χ2n) is 2.80. The van der Waals surface area contributed by atoms with E-state index in [9.17, 15) is 13.6 Å². The Morgan fingerprint density at radius 3 is 2.67 bits per heavy atom. The Morgan fingerprint density at radius 1 is 1.47 bits per heavy atom. The first-order valence-electron chi connectivity index (χ1n) is 4.17. The van der Waals surface area contributed by atoms with Crippen LogP contribution in [0.25, 0.3) is 0 Å². The lowest BCUT2D eigenvalue weighted by molar-refractivity contribution is 0.0686. The van der Waals surface area contributed by atoms with Crippen molar-refractivity contribution in [1.82, 2.24) is 0 Å². The van der Waals surface area contributed by atoms with Crippen molar-refractivity contribution in [1.29, 1.82) is 0 Å². The normalized spacial score (nSPS) is 9.27. The Morgan fingerprint density at radius 2 is 2.13 bits per heavy atom. The minimum atomic E-state index is -1.61. The predicted molar refractivity (Wildman–Crippen MR) is 50.5 cm³/mol. The highest BCUT2D eigenvalue weighted by Gasteiger charge is 2.18. The van der Waals surface area contributed by atoms with Crippen LogP contribution in [0.3, 0.4) is 0 Å². The van der Waals surface area contributed by atoms with Gasteiger partial charge in [-0.2, -0.15) is 0 Å². The van der Waals surface area contributed by atoms with Crippen LogP contribution in [0.4, 0.5) is 8.78 Å². The van der Waals surface area contributed by atoms with E-state index in [2.05, 4.69) is 11.8 Å². The molecule has 0 saturated heterocycles. The molecule has 1 rings (SSSR count). The molecule has 0 heterocycles. The molecule has 1 N–H and O–H groups in total. The number of carbonyl (C=O) groups is 1. The van der Waals surface area contributed by atoms with Gasteiger partial charge in [0.1, 0.15) is 17.2 Å². The van der Waals surface area contributed by atoms with Crippen LogP contribution in [0.5, 0.6) is 0 Å². The van der Waals surface area contributed by atoms with E-state index in [1.807, 2.05) is 0 Å². The molecule has 0 fully saturated rings. The Bertz CT molecular complexity index is 456. The minimum absolute atomic E-state index is 0.0723. The van der Waals surface area contributed by atoms with Gasteiger partial charge in [-0.3, -0.25) is 0 Å². The summed E-state index contributed by atoms with van der Waals surface area (Å²) >= 11 is 0. The first kappa shape index (κ1) is 11.2. The van der Waals surface area contributed by atoms with Gasteiger partial charge >= 0.3 is 5.97 Å². The van der Waals surface area contributed by atoms with Crippen LogP contribution >= 0.6 is 0 Å². The van der Waals surface area contributed by atoms with E-state index in [-0.39, 0.29) is 12.0 Å². The van der Waals surface area contributed by atoms with E-state index in [1.165, 1.54) is 6.07 Å². The van der Waals surface area contributed by atoms with Crippen molar-refractivity contribution < 1.29 is 18.7 Å². The lowest BCUT2D eigenvalue weighted by atomic mass is 10.1. The fourth-order valence-corrected chi connectivity index (χ4v) is 1.11. The lowest BCUT2D eigenvalue weighted by Gasteiger charge is -2.03. The van der Waals surface area contributed by atoms with Gasteiger partial charge in [0.05, 0.1) is 0 Å². The molecule has 1 aromatic rings. The number of hydrogen-bond acceptors (Lipinski definition) is 1. The summed E-state index contributed by atoms with van der Waals surface area (Å²) in [4.78, 5) is 10.6. The van der Waals surface area contributed by atoms with Gasteiger partial charge in [0.25, 0.3) is 0 Å². The Labute approximate surface area is 85.5 Å². The van der Waals surface area contributed by atoms with Crippen molar-refractivity contribution >= 4 is 5.97 Å². The van der Waals surface area contributed by atoms with Gasteiger partial charge in [-0.25, -0.2) is 13.6 Å². The molecule has 0 aliphatic carbocycles. The van der Waals surface area contributed by atoms with Gasteiger partial charge in [-0.15, -0.1) is 5.92 Å². The quantitative estimate of drug-likeness (QED) is 0.760. The molecular formula is C11H8F2O2. The Balaban J connectivity index is 3.26. The van der Waals surface area contributed by atoms with Gasteiger partial charge in [0.15, 0.2) is 0 Å². The van der Waals surface area contributed by atoms with Crippen LogP contribution in [0.1, 0.15) is 22.8 Å². The Kier molecular flexibility index (Phi) is 3.40. The van der Waals surface area contributed by atoms with Gasteiger partial charge in [-0.1, -0.05) is 12.0 Å². The van der Waals surface area contributed by atoms with Gasteiger partial charge in [-0.05, 0) is 13.0 Å². The molecule has 0 aliphatic heterocycles. The molecule has 0 atom stereocenters. The predicted octanol–water partition coefficient (Wildman–Crippen LogP) is 2.23. The fraction of sp³-hybridized carbons (Fsp3) is 0.182. The molecule has 4 heteroatoms. The molecule has 0 spiro atoms. The highest BCUT2D eigenvalue weighted by atomic mass is 19.1. The number of halogens is 2. The number of rotatable bonds is 2. The summed E-state index contributed by atoms with van der Waals surface area (Å²) in [5.74, 6) is 1.39. The highest BCUT2D eigenvalue weighted by molar-refractivity contribution is 5.88. The second kappa shape index (κ2) is 4.56. The van der Waals surface area contributed by atoms with Crippen molar-refractivity contribution in [3.8, 4) is 11.8 Å². The van der Waals surface area contributed by atoms with Crippen LogP contribution in [-0.2, 0) is 6.42 Å². The second-order valence-corrected chi connectivity index (χ2v) is 2.80. The fourth-order valence-electron chi connectivity index (χ4n) is 1.11. The maximum Gasteiger partial charge on any atom is 0.341 e. The average Bonchev–Trinajstić information content (AvgIpc) is 2.16. The maximum atomic E-state index is 13.4. The third-order valence-electron chi connectivity index (χ3n) is 1.84. The zero-order valence-electron chi connectivity index (χ0n) is 7.97. The van der Waals surface area contributed by atoms with Gasteiger partial charge in [0, 0.05) is 12.0 Å². The molecule has 0 aromatic heterocycles. The van der Waals surface area contributed by atoms with Crippen LogP contribution in [-0.4, -0.2) is 11.1 Å². The average molecular weight is 210 g/mol. The van der Waals surface area contributed by atoms with E-state index >= 15 is 0 Å². The summed E-state index contributed by atoms with van der Waals surface area (Å²) in [6.07, 6.45) is 0.0723. The molecule has 2 nitrogen and oxygen atoms in total. The molecule has 0 radical (unpaired) electrons. The molecule has 0 saturated carbocycles. The molecule has 0 unspecified atom stereocenters. The number of carboxylic acids is 1. The molecule has 0 bridgehead atoms. The van der Waals surface area contributed by atoms with Crippen LogP contribution in [0.15, 0.2) is 12.1 Å². The first-order chi connectivity index (χ1) is 7.07. The first-order valence-corrected chi connectivity index (χ1v) is 4.17. The zero-order chi connectivity index (χ0) is 11.4. The third-order valence-corrected chi connectivity index (χ3v) is 1.84. The standard InChI is InChI=1S/C11H8F2O2/c1-2-3-4-7-5-6-8(12)9(10(7)13)11(14)15/h5-6H,4H2,1H3,(H,14,15). The summed E-state index contributed by atoms with van der Waals surface area (Å²) in [7, 11) is 0. The monoisotopic (exact) mass is 210 g/mol. The van der Waals surface area contributed by atoms with E-state index in [0.717, 1.165) is 6.07 Å². The van der Waals surface area contributed by atoms with Crippen molar-refractivity contribution in [3.05, 3.63) is 34.9 Å². The number of hydrogen-bond donors (Lipinski definition) is 1. The van der Waals surface area contributed by atoms with E-state index in [4.69, 9.17) is 5.11 Å². The number of aromatic carboxylic acids is 1. The van der Waals surface area contributed by atoms with Crippen LogP contribution < -0.4 is 0 Å². The largest absolute Gasteiger partial charge is 0.477 e. The Hall–Kier alpha value is -1.89. The van der Waals surface area contributed by atoms with E-state index in [1.54, 1.807) is 6.92 Å². The van der Waals surface area contributed by atoms with Crippen molar-refractivity contribution in [2.75, 3.05) is 0 Å². The molecule has 1 aromatic carbocycles. The summed E-state index contributed by atoms with van der Waals surface area (Å²) in [5.41, 5.74) is -0.839. The summed E-state index contributed by atoms with van der Waals surface area (Å²) in [6, 6.07) is 2.13. The van der Waals surface area contributed by atoms with Gasteiger partial charge in [0.2, 0.25) is 0 Å². The summed E-state index contributed by atoms with van der Waals surface area (Å²) in [6.45, 7) is 1.58. The smallest absolute Gasteiger partial charge is 0.341 e. The van der Waals surface area contributed by atoms with Crippen molar-refractivity contribution in [2.24, 2.45) is 0 Å². The van der Waals surface area contributed by atoms with E-state index < -0.39 is 23.2 Å². The maximum absolute atomic E-state index is 13.4. The lowest BCUT2D eigenvalue weighted by Crippen LogP contribution is -2.07. The SMILES string of the molecule is CC#CCc1ccc(F)c(C(=O)O)c1F. The van der Waals surface area contributed by atoms with E-state index in [0.29, 0.717) is 0 Å². The molecule has 78 valence electrons. The summed E-state index contributed by atoms with van der Waals surface area (Å²) < 4.78 is 26.4. The molecular weight excluding hydrogens is 202 g/mol. The van der Waals surface area contributed by atoms with Crippen molar-refractivity contribution in [2.45, 2.75) is 13.3 Å². The van der Waals surface area contributed by atoms with Gasteiger partial charge < -0.3 is 5.11 Å². The molecule has 0 aliphatic rings. The number of benzene rings is 1. The number of carboxylic acid groups (broad SMARTS) is 1. The zero-order valence-corrected chi connectivity index (χ0v) is 7.97.